The first kappa shape index (κ1) is 16.1. The third kappa shape index (κ3) is 3.50. The lowest BCUT2D eigenvalue weighted by atomic mass is 9.86. The summed E-state index contributed by atoms with van der Waals surface area (Å²) in [6.07, 6.45) is -0.691. The zero-order chi connectivity index (χ0) is 14.7. The maximum absolute atomic E-state index is 9.91. The van der Waals surface area contributed by atoms with Crippen LogP contribution in [0, 0.1) is 5.92 Å². The van der Waals surface area contributed by atoms with Crippen LogP contribution in [0.1, 0.15) is 39.0 Å². The Morgan fingerprint density at radius 2 is 1.65 bits per heavy atom. The minimum absolute atomic E-state index is 0.000708. The van der Waals surface area contributed by atoms with Crippen molar-refractivity contribution in [1.82, 2.24) is 0 Å². The van der Waals surface area contributed by atoms with Crippen LogP contribution in [0.3, 0.4) is 0 Å². The Balaban J connectivity index is 1.88. The van der Waals surface area contributed by atoms with Crippen LogP contribution in [0.4, 0.5) is 0 Å². The first-order valence-electron chi connectivity index (χ1n) is 7.52. The maximum Gasteiger partial charge on any atom is 0.186 e. The van der Waals surface area contributed by atoms with Crippen molar-refractivity contribution in [3.8, 4) is 0 Å². The first-order chi connectivity index (χ1) is 9.56. The highest BCUT2D eigenvalue weighted by atomic mass is 16.7. The maximum atomic E-state index is 9.91. The summed E-state index contributed by atoms with van der Waals surface area (Å²) in [5.74, 6) is 0.740. The molecule has 0 aromatic rings. The van der Waals surface area contributed by atoms with Gasteiger partial charge in [-0.3, -0.25) is 0 Å². The summed E-state index contributed by atoms with van der Waals surface area (Å²) in [6.45, 7) is 1.76. The van der Waals surface area contributed by atoms with Gasteiger partial charge in [-0.1, -0.05) is 13.3 Å². The van der Waals surface area contributed by atoms with Gasteiger partial charge in [0, 0.05) is 0 Å². The van der Waals surface area contributed by atoms with Crippen LogP contribution >= 0.6 is 0 Å². The van der Waals surface area contributed by atoms with Gasteiger partial charge in [0.2, 0.25) is 0 Å². The van der Waals surface area contributed by atoms with Crippen LogP contribution < -0.4 is 0 Å². The fourth-order valence-electron chi connectivity index (χ4n) is 3.05. The average molecular weight is 290 g/mol. The molecular formula is C14H26O6. The second-order valence-electron chi connectivity index (χ2n) is 5.88. The number of aliphatic hydroxyl groups is 4. The number of aliphatic hydroxyl groups excluding tert-OH is 4. The Bertz CT molecular complexity index is 289. The van der Waals surface area contributed by atoms with E-state index in [4.69, 9.17) is 14.6 Å². The lowest BCUT2D eigenvalue weighted by Gasteiger charge is -2.41. The van der Waals surface area contributed by atoms with Gasteiger partial charge in [0.05, 0.1) is 12.7 Å². The molecule has 6 heteroatoms. The van der Waals surface area contributed by atoms with Crippen molar-refractivity contribution in [1.29, 1.82) is 0 Å². The van der Waals surface area contributed by atoms with E-state index in [1.54, 1.807) is 0 Å². The van der Waals surface area contributed by atoms with Gasteiger partial charge in [-0.15, -0.1) is 0 Å². The fraction of sp³-hybridized carbons (Fsp3) is 1.00. The molecule has 1 aliphatic heterocycles. The van der Waals surface area contributed by atoms with Gasteiger partial charge in [-0.05, 0) is 31.6 Å². The third-order valence-electron chi connectivity index (χ3n) is 4.55. The zero-order valence-electron chi connectivity index (χ0n) is 11.9. The van der Waals surface area contributed by atoms with Crippen LogP contribution in [0.5, 0.6) is 0 Å². The van der Waals surface area contributed by atoms with E-state index < -0.39 is 37.3 Å². The lowest BCUT2D eigenvalue weighted by Crippen LogP contribution is -2.59. The minimum atomic E-state index is -1.36. The molecule has 0 bridgehead atoms. The molecule has 0 aromatic carbocycles. The number of hydrogen-bond acceptors (Lipinski definition) is 6. The van der Waals surface area contributed by atoms with E-state index in [9.17, 15) is 15.3 Å². The molecule has 1 saturated carbocycles. The molecule has 4 N–H and O–H groups in total. The first-order valence-corrected chi connectivity index (χ1v) is 7.52. The smallest absolute Gasteiger partial charge is 0.186 e. The average Bonchev–Trinajstić information content (AvgIpc) is 2.48. The summed E-state index contributed by atoms with van der Waals surface area (Å²) in [4.78, 5) is 0. The van der Waals surface area contributed by atoms with Crippen molar-refractivity contribution < 1.29 is 29.9 Å². The SMILES string of the molecule is CCC1CCC(OC2OC(CO)C(O)C(O)C2O)CC1. The number of ether oxygens (including phenoxy) is 2. The summed E-state index contributed by atoms with van der Waals surface area (Å²) in [5, 5.41) is 38.4. The predicted molar refractivity (Wildman–Crippen MR) is 70.9 cm³/mol. The Kier molecular flexibility index (Phi) is 5.77. The molecule has 0 aromatic heterocycles. The molecule has 20 heavy (non-hydrogen) atoms. The van der Waals surface area contributed by atoms with Crippen LogP contribution in [0.25, 0.3) is 0 Å². The monoisotopic (exact) mass is 290 g/mol. The largest absolute Gasteiger partial charge is 0.394 e. The van der Waals surface area contributed by atoms with Crippen LogP contribution in [0.15, 0.2) is 0 Å². The molecule has 6 nitrogen and oxygen atoms in total. The molecule has 5 unspecified atom stereocenters. The molecule has 1 saturated heterocycles. The molecular weight excluding hydrogens is 264 g/mol. The van der Waals surface area contributed by atoms with Gasteiger partial charge < -0.3 is 29.9 Å². The fourth-order valence-corrected chi connectivity index (χ4v) is 3.05. The second kappa shape index (κ2) is 7.15. The highest BCUT2D eigenvalue weighted by Gasteiger charge is 2.44. The predicted octanol–water partition coefficient (Wildman–Crippen LogP) is -0.228. The summed E-state index contributed by atoms with van der Waals surface area (Å²) < 4.78 is 11.1. The molecule has 118 valence electrons. The van der Waals surface area contributed by atoms with E-state index >= 15 is 0 Å². The molecule has 2 aliphatic rings. The Morgan fingerprint density at radius 3 is 2.20 bits per heavy atom. The number of rotatable bonds is 4. The van der Waals surface area contributed by atoms with Gasteiger partial charge in [-0.25, -0.2) is 0 Å². The van der Waals surface area contributed by atoms with E-state index in [-0.39, 0.29) is 6.10 Å². The second-order valence-corrected chi connectivity index (χ2v) is 5.88. The van der Waals surface area contributed by atoms with E-state index in [1.165, 1.54) is 6.42 Å². The molecule has 1 heterocycles. The van der Waals surface area contributed by atoms with Gasteiger partial charge >= 0.3 is 0 Å². The van der Waals surface area contributed by atoms with Crippen LogP contribution in [-0.2, 0) is 9.47 Å². The molecule has 0 radical (unpaired) electrons. The Hall–Kier alpha value is -0.240. The van der Waals surface area contributed by atoms with Crippen LogP contribution in [0.2, 0.25) is 0 Å². The van der Waals surface area contributed by atoms with E-state index in [0.717, 1.165) is 31.6 Å². The standard InChI is InChI=1S/C14H26O6/c1-2-8-3-5-9(6-4-8)19-14-13(18)12(17)11(16)10(7-15)20-14/h8-18H,2-7H2,1H3. The molecule has 2 fully saturated rings. The molecule has 0 spiro atoms. The van der Waals surface area contributed by atoms with Gasteiger partial charge in [0.25, 0.3) is 0 Å². The molecule has 2 rings (SSSR count). The summed E-state index contributed by atoms with van der Waals surface area (Å²) >= 11 is 0. The number of hydrogen-bond donors (Lipinski definition) is 4. The van der Waals surface area contributed by atoms with Crippen molar-refractivity contribution in [2.45, 2.75) is 75.8 Å². The van der Waals surface area contributed by atoms with Crippen molar-refractivity contribution in [2.24, 2.45) is 5.92 Å². The van der Waals surface area contributed by atoms with Crippen molar-refractivity contribution in [2.75, 3.05) is 6.61 Å². The van der Waals surface area contributed by atoms with Crippen molar-refractivity contribution in [3.63, 3.8) is 0 Å². The zero-order valence-corrected chi connectivity index (χ0v) is 11.9. The minimum Gasteiger partial charge on any atom is -0.394 e. The van der Waals surface area contributed by atoms with Crippen molar-refractivity contribution >= 4 is 0 Å². The van der Waals surface area contributed by atoms with Crippen LogP contribution in [-0.4, -0.2) is 63.8 Å². The van der Waals surface area contributed by atoms with Gasteiger partial charge in [0.1, 0.15) is 24.4 Å². The molecule has 0 amide bonds. The quantitative estimate of drug-likeness (QED) is 0.571. The van der Waals surface area contributed by atoms with E-state index in [0.29, 0.717) is 0 Å². The van der Waals surface area contributed by atoms with E-state index in [2.05, 4.69) is 6.92 Å². The normalized spacial score (nSPS) is 46.4. The highest BCUT2D eigenvalue weighted by Crippen LogP contribution is 2.31. The Labute approximate surface area is 119 Å². The topological polar surface area (TPSA) is 99.4 Å². The molecule has 1 aliphatic carbocycles. The van der Waals surface area contributed by atoms with Crippen molar-refractivity contribution in [3.05, 3.63) is 0 Å². The summed E-state index contributed by atoms with van der Waals surface area (Å²) in [5.41, 5.74) is 0. The van der Waals surface area contributed by atoms with E-state index in [1.807, 2.05) is 0 Å². The third-order valence-corrected chi connectivity index (χ3v) is 4.55. The summed E-state index contributed by atoms with van der Waals surface area (Å²) in [7, 11) is 0. The summed E-state index contributed by atoms with van der Waals surface area (Å²) in [6, 6.07) is 0. The lowest BCUT2D eigenvalue weighted by molar-refractivity contribution is -0.313. The van der Waals surface area contributed by atoms with Gasteiger partial charge in [0.15, 0.2) is 6.29 Å². The Morgan fingerprint density at radius 1 is 1.00 bits per heavy atom. The highest BCUT2D eigenvalue weighted by molar-refractivity contribution is 4.89. The molecule has 5 atom stereocenters. The van der Waals surface area contributed by atoms with Gasteiger partial charge in [-0.2, -0.15) is 0 Å².